The molecule has 4 amide bonds. The maximum atomic E-state index is 14.2. The standard InChI is InChI=1S/C31H44N4O5/c1-10-22(6)35(29(38)24(17-25(32)36)33-30(39)40-31(7,8)9)27(23-16-18(2)14-15-19(23)3)28(37)34-26-20(4)12-11-13-21(26)5/h11-16,22,24,27H,10,17H2,1-9H3,(H2,32,36)(H,33,39)(H,34,37). The van der Waals surface area contributed by atoms with Crippen molar-refractivity contribution in [1.82, 2.24) is 10.2 Å². The maximum Gasteiger partial charge on any atom is 0.408 e. The summed E-state index contributed by atoms with van der Waals surface area (Å²) in [6, 6.07) is 8.63. The minimum absolute atomic E-state index is 0.408. The molecule has 0 aliphatic heterocycles. The van der Waals surface area contributed by atoms with Gasteiger partial charge < -0.3 is 26.0 Å². The number of nitrogens with two attached hydrogens (primary N) is 1. The van der Waals surface area contributed by atoms with Crippen LogP contribution in [0.4, 0.5) is 10.5 Å². The molecule has 3 atom stereocenters. The van der Waals surface area contributed by atoms with Crippen LogP contribution >= 0.6 is 0 Å². The molecule has 0 aliphatic rings. The number of para-hydroxylation sites is 1. The number of nitrogens with zero attached hydrogens (tertiary/aromatic N) is 1. The lowest BCUT2D eigenvalue weighted by atomic mass is 9.94. The maximum absolute atomic E-state index is 14.2. The van der Waals surface area contributed by atoms with Gasteiger partial charge in [-0.3, -0.25) is 14.4 Å². The fourth-order valence-corrected chi connectivity index (χ4v) is 4.50. The number of carbonyl (C=O) groups is 4. The van der Waals surface area contributed by atoms with E-state index >= 15 is 0 Å². The first-order valence-electron chi connectivity index (χ1n) is 13.6. The number of anilines is 1. The van der Waals surface area contributed by atoms with Crippen LogP contribution in [0.2, 0.25) is 0 Å². The van der Waals surface area contributed by atoms with E-state index in [-0.39, 0.29) is 0 Å². The lowest BCUT2D eigenvalue weighted by Gasteiger charge is -2.38. The van der Waals surface area contributed by atoms with E-state index in [1.807, 2.05) is 77.9 Å². The van der Waals surface area contributed by atoms with Crippen LogP contribution in [-0.2, 0) is 19.1 Å². The fourth-order valence-electron chi connectivity index (χ4n) is 4.50. The number of primary amides is 1. The molecule has 0 fully saturated rings. The van der Waals surface area contributed by atoms with Crippen molar-refractivity contribution in [3.8, 4) is 0 Å². The van der Waals surface area contributed by atoms with E-state index in [2.05, 4.69) is 10.6 Å². The number of benzene rings is 2. The number of carbonyl (C=O) groups excluding carboxylic acids is 4. The first-order chi connectivity index (χ1) is 18.5. The average molecular weight is 553 g/mol. The van der Waals surface area contributed by atoms with Gasteiger partial charge in [0.2, 0.25) is 11.8 Å². The first-order valence-corrected chi connectivity index (χ1v) is 13.6. The summed E-state index contributed by atoms with van der Waals surface area (Å²) in [5.74, 6) is -1.79. The molecule has 0 saturated heterocycles. The number of nitrogens with one attached hydrogen (secondary N) is 2. The molecule has 0 bridgehead atoms. The van der Waals surface area contributed by atoms with Crippen LogP contribution in [0, 0.1) is 27.7 Å². The third-order valence-electron chi connectivity index (χ3n) is 6.70. The molecule has 0 aromatic heterocycles. The van der Waals surface area contributed by atoms with Crippen LogP contribution < -0.4 is 16.4 Å². The van der Waals surface area contributed by atoms with Crippen molar-refractivity contribution >= 4 is 29.5 Å². The fraction of sp³-hybridized carbons (Fsp3) is 0.484. The zero-order valence-corrected chi connectivity index (χ0v) is 25.2. The Kier molecular flexibility index (Phi) is 10.9. The largest absolute Gasteiger partial charge is 0.444 e. The summed E-state index contributed by atoms with van der Waals surface area (Å²) in [7, 11) is 0. The molecular weight excluding hydrogens is 508 g/mol. The number of hydrogen-bond acceptors (Lipinski definition) is 5. The van der Waals surface area contributed by atoms with Crippen molar-refractivity contribution in [1.29, 1.82) is 0 Å². The summed E-state index contributed by atoms with van der Waals surface area (Å²) in [6.45, 7) is 16.4. The molecule has 9 heteroatoms. The van der Waals surface area contributed by atoms with Gasteiger partial charge in [-0.05, 0) is 84.1 Å². The minimum atomic E-state index is -1.33. The Balaban J connectivity index is 2.68. The molecule has 2 rings (SSSR count). The van der Waals surface area contributed by atoms with E-state index in [1.54, 1.807) is 20.8 Å². The predicted octanol–water partition coefficient (Wildman–Crippen LogP) is 5.00. The smallest absolute Gasteiger partial charge is 0.408 e. The highest BCUT2D eigenvalue weighted by molar-refractivity contribution is 6.00. The Bertz CT molecular complexity index is 1230. The van der Waals surface area contributed by atoms with E-state index in [0.29, 0.717) is 17.7 Å². The molecule has 0 aliphatic carbocycles. The molecule has 218 valence electrons. The first kappa shape index (κ1) is 32.3. The molecular formula is C31H44N4O5. The molecule has 0 radical (unpaired) electrons. The van der Waals surface area contributed by atoms with E-state index in [4.69, 9.17) is 10.5 Å². The van der Waals surface area contributed by atoms with Gasteiger partial charge in [0.25, 0.3) is 5.91 Å². The van der Waals surface area contributed by atoms with Gasteiger partial charge in [-0.2, -0.15) is 0 Å². The second-order valence-corrected chi connectivity index (χ2v) is 11.4. The van der Waals surface area contributed by atoms with Crippen LogP contribution in [0.1, 0.15) is 81.3 Å². The summed E-state index contributed by atoms with van der Waals surface area (Å²) in [6.07, 6.45) is -0.804. The molecule has 0 heterocycles. The molecule has 2 aromatic rings. The molecule has 40 heavy (non-hydrogen) atoms. The zero-order valence-electron chi connectivity index (χ0n) is 25.2. The zero-order chi connectivity index (χ0) is 30.4. The third-order valence-corrected chi connectivity index (χ3v) is 6.70. The van der Waals surface area contributed by atoms with Crippen molar-refractivity contribution < 1.29 is 23.9 Å². The average Bonchev–Trinajstić information content (AvgIpc) is 2.83. The molecule has 3 unspecified atom stereocenters. The van der Waals surface area contributed by atoms with Gasteiger partial charge in [0.15, 0.2) is 0 Å². The van der Waals surface area contributed by atoms with Gasteiger partial charge in [-0.15, -0.1) is 0 Å². The van der Waals surface area contributed by atoms with Crippen molar-refractivity contribution in [3.05, 3.63) is 64.2 Å². The number of hydrogen-bond donors (Lipinski definition) is 3. The molecule has 0 spiro atoms. The normalized spacial score (nSPS) is 13.5. The van der Waals surface area contributed by atoms with Crippen molar-refractivity contribution in [2.45, 2.75) is 98.9 Å². The van der Waals surface area contributed by atoms with Gasteiger partial charge in [0.05, 0.1) is 6.42 Å². The summed E-state index contributed by atoms with van der Waals surface area (Å²) in [5, 5.41) is 5.57. The minimum Gasteiger partial charge on any atom is -0.444 e. The van der Waals surface area contributed by atoms with Crippen LogP contribution in [0.15, 0.2) is 36.4 Å². The van der Waals surface area contributed by atoms with Crippen molar-refractivity contribution in [2.75, 3.05) is 5.32 Å². The monoisotopic (exact) mass is 552 g/mol. The number of rotatable bonds is 10. The van der Waals surface area contributed by atoms with Crippen LogP contribution in [0.25, 0.3) is 0 Å². The van der Waals surface area contributed by atoms with Gasteiger partial charge in [-0.25, -0.2) is 4.79 Å². The third kappa shape index (κ3) is 8.56. The topological polar surface area (TPSA) is 131 Å². The Morgan fingerprint density at radius 2 is 1.57 bits per heavy atom. The molecule has 2 aromatic carbocycles. The Morgan fingerprint density at radius 1 is 0.975 bits per heavy atom. The van der Waals surface area contributed by atoms with Crippen molar-refractivity contribution in [2.24, 2.45) is 5.73 Å². The lowest BCUT2D eigenvalue weighted by Crippen LogP contribution is -2.55. The van der Waals surface area contributed by atoms with Gasteiger partial charge >= 0.3 is 6.09 Å². The second kappa shape index (κ2) is 13.5. The summed E-state index contributed by atoms with van der Waals surface area (Å²) in [5.41, 5.74) is 9.48. The summed E-state index contributed by atoms with van der Waals surface area (Å²) in [4.78, 5) is 54.6. The number of aryl methyl sites for hydroxylation is 4. The molecule has 4 N–H and O–H groups in total. The number of ether oxygens (including phenoxy) is 1. The lowest BCUT2D eigenvalue weighted by molar-refractivity contribution is -0.144. The van der Waals surface area contributed by atoms with Crippen LogP contribution in [-0.4, -0.2) is 46.4 Å². The van der Waals surface area contributed by atoms with Crippen molar-refractivity contribution in [3.63, 3.8) is 0 Å². The van der Waals surface area contributed by atoms with E-state index < -0.39 is 54.0 Å². The molecule has 0 saturated carbocycles. The van der Waals surface area contributed by atoms with Gasteiger partial charge in [0, 0.05) is 11.7 Å². The highest BCUT2D eigenvalue weighted by Gasteiger charge is 2.40. The predicted molar refractivity (Wildman–Crippen MR) is 157 cm³/mol. The highest BCUT2D eigenvalue weighted by atomic mass is 16.6. The second-order valence-electron chi connectivity index (χ2n) is 11.4. The molecule has 9 nitrogen and oxygen atoms in total. The van der Waals surface area contributed by atoms with Crippen LogP contribution in [0.5, 0.6) is 0 Å². The highest BCUT2D eigenvalue weighted by Crippen LogP contribution is 2.31. The quantitative estimate of drug-likeness (QED) is 0.382. The van der Waals surface area contributed by atoms with Crippen LogP contribution in [0.3, 0.4) is 0 Å². The Labute approximate surface area is 237 Å². The summed E-state index contributed by atoms with van der Waals surface area (Å²) >= 11 is 0. The Morgan fingerprint density at radius 3 is 2.10 bits per heavy atom. The SMILES string of the molecule is CCC(C)N(C(=O)C(CC(N)=O)NC(=O)OC(C)(C)C)C(C(=O)Nc1c(C)cccc1C)c1cc(C)ccc1C. The van der Waals surface area contributed by atoms with E-state index in [1.165, 1.54) is 4.90 Å². The van der Waals surface area contributed by atoms with E-state index in [0.717, 1.165) is 22.3 Å². The number of amides is 4. The van der Waals surface area contributed by atoms with Gasteiger partial charge in [0.1, 0.15) is 17.7 Å². The Hall–Kier alpha value is -3.88. The van der Waals surface area contributed by atoms with E-state index in [9.17, 15) is 19.2 Å². The van der Waals surface area contributed by atoms with Gasteiger partial charge in [-0.1, -0.05) is 48.9 Å². The number of alkyl carbamates (subject to hydrolysis) is 1. The summed E-state index contributed by atoms with van der Waals surface area (Å²) < 4.78 is 5.35.